The van der Waals surface area contributed by atoms with Gasteiger partial charge in [0.1, 0.15) is 0 Å². The standard InChI is InChI=1S/C22H34N4O2/c1-3-23-22(28)26-11-9-19(10-12-26)17-18-5-7-20(8-6-18)21(27)25-15-13-24(4-2)14-16-25/h5-8,19H,3-4,9-17H2,1-2H3,(H,23,28). The molecule has 154 valence electrons. The van der Waals surface area contributed by atoms with Crippen LogP contribution in [0.3, 0.4) is 0 Å². The quantitative estimate of drug-likeness (QED) is 0.846. The molecule has 1 N–H and O–H groups in total. The third-order valence-electron chi connectivity index (χ3n) is 6.06. The number of urea groups is 1. The Labute approximate surface area is 168 Å². The Kier molecular flexibility index (Phi) is 7.31. The van der Waals surface area contributed by atoms with Gasteiger partial charge in [-0.3, -0.25) is 4.79 Å². The SMILES string of the molecule is CCNC(=O)N1CCC(Cc2ccc(C(=O)N3CCN(CC)CC3)cc2)CC1. The molecule has 0 atom stereocenters. The molecule has 0 spiro atoms. The second-order valence-electron chi connectivity index (χ2n) is 7.89. The van der Waals surface area contributed by atoms with E-state index >= 15 is 0 Å². The highest BCUT2D eigenvalue weighted by molar-refractivity contribution is 5.94. The minimum atomic E-state index is 0.0589. The van der Waals surface area contributed by atoms with Crippen LogP contribution in [-0.2, 0) is 6.42 Å². The van der Waals surface area contributed by atoms with Gasteiger partial charge in [0.05, 0.1) is 0 Å². The lowest BCUT2D eigenvalue weighted by molar-refractivity contribution is 0.0643. The molecule has 3 amide bonds. The van der Waals surface area contributed by atoms with Gasteiger partial charge in [-0.1, -0.05) is 19.1 Å². The first kappa shape index (κ1) is 20.6. The number of carbonyl (C=O) groups excluding carboxylic acids is 2. The third kappa shape index (κ3) is 5.25. The van der Waals surface area contributed by atoms with E-state index in [4.69, 9.17) is 0 Å². The molecule has 0 radical (unpaired) electrons. The Morgan fingerprint density at radius 2 is 1.57 bits per heavy atom. The Morgan fingerprint density at radius 3 is 2.14 bits per heavy atom. The lowest BCUT2D eigenvalue weighted by Gasteiger charge is -2.34. The van der Waals surface area contributed by atoms with E-state index in [0.29, 0.717) is 12.5 Å². The largest absolute Gasteiger partial charge is 0.338 e. The highest BCUT2D eigenvalue weighted by Crippen LogP contribution is 2.22. The zero-order chi connectivity index (χ0) is 19.9. The maximum atomic E-state index is 12.7. The number of amides is 3. The smallest absolute Gasteiger partial charge is 0.317 e. The number of hydrogen-bond donors (Lipinski definition) is 1. The van der Waals surface area contributed by atoms with Crippen molar-refractivity contribution >= 4 is 11.9 Å². The second kappa shape index (κ2) is 9.92. The normalized spacial score (nSPS) is 18.9. The molecular weight excluding hydrogens is 352 g/mol. The summed E-state index contributed by atoms with van der Waals surface area (Å²) in [5.74, 6) is 0.756. The van der Waals surface area contributed by atoms with Crippen LogP contribution in [0.25, 0.3) is 0 Å². The van der Waals surface area contributed by atoms with Crippen molar-refractivity contribution in [1.82, 2.24) is 20.0 Å². The summed E-state index contributed by atoms with van der Waals surface area (Å²) in [6.45, 7) is 11.1. The van der Waals surface area contributed by atoms with Gasteiger partial charge in [-0.2, -0.15) is 0 Å². The number of rotatable bonds is 5. The van der Waals surface area contributed by atoms with Crippen molar-refractivity contribution in [3.63, 3.8) is 0 Å². The van der Waals surface area contributed by atoms with Crippen molar-refractivity contribution in [2.45, 2.75) is 33.1 Å². The van der Waals surface area contributed by atoms with Gasteiger partial charge in [0.25, 0.3) is 5.91 Å². The number of benzene rings is 1. The van der Waals surface area contributed by atoms with Gasteiger partial charge in [-0.25, -0.2) is 4.79 Å². The average Bonchev–Trinajstić information content (AvgIpc) is 2.74. The molecule has 2 aliphatic rings. The van der Waals surface area contributed by atoms with Gasteiger partial charge in [0.15, 0.2) is 0 Å². The molecule has 2 aliphatic heterocycles. The molecule has 0 aliphatic carbocycles. The highest BCUT2D eigenvalue weighted by Gasteiger charge is 2.23. The molecule has 28 heavy (non-hydrogen) atoms. The molecule has 0 bridgehead atoms. The first-order valence-corrected chi connectivity index (χ1v) is 10.7. The lowest BCUT2D eigenvalue weighted by Crippen LogP contribution is -2.48. The van der Waals surface area contributed by atoms with E-state index in [1.165, 1.54) is 5.56 Å². The number of piperidine rings is 1. The zero-order valence-electron chi connectivity index (χ0n) is 17.3. The van der Waals surface area contributed by atoms with Crippen molar-refractivity contribution in [2.75, 3.05) is 52.4 Å². The van der Waals surface area contributed by atoms with Crippen molar-refractivity contribution in [3.8, 4) is 0 Å². The number of carbonyl (C=O) groups is 2. The first-order valence-electron chi connectivity index (χ1n) is 10.7. The van der Waals surface area contributed by atoms with Crippen LogP contribution < -0.4 is 5.32 Å². The fourth-order valence-electron chi connectivity index (χ4n) is 4.17. The average molecular weight is 387 g/mol. The van der Waals surface area contributed by atoms with E-state index in [0.717, 1.165) is 70.6 Å². The molecule has 0 unspecified atom stereocenters. The van der Waals surface area contributed by atoms with Gasteiger partial charge in [-0.15, -0.1) is 0 Å². The van der Waals surface area contributed by atoms with Crippen LogP contribution in [0.4, 0.5) is 4.79 Å². The summed E-state index contributed by atoms with van der Waals surface area (Å²) in [4.78, 5) is 30.9. The van der Waals surface area contributed by atoms with Gasteiger partial charge in [-0.05, 0) is 56.3 Å². The van der Waals surface area contributed by atoms with Gasteiger partial charge < -0.3 is 20.0 Å². The Morgan fingerprint density at radius 1 is 0.929 bits per heavy atom. The van der Waals surface area contributed by atoms with E-state index < -0.39 is 0 Å². The number of likely N-dealkylation sites (tertiary alicyclic amines) is 1. The Bertz CT molecular complexity index is 645. The minimum Gasteiger partial charge on any atom is -0.338 e. The fourth-order valence-corrected chi connectivity index (χ4v) is 4.17. The Balaban J connectivity index is 1.47. The summed E-state index contributed by atoms with van der Waals surface area (Å²) in [5, 5.41) is 2.88. The predicted octanol–water partition coefficient (Wildman–Crippen LogP) is 2.45. The molecular formula is C22H34N4O2. The maximum absolute atomic E-state index is 12.7. The molecule has 3 rings (SSSR count). The summed E-state index contributed by atoms with van der Waals surface area (Å²) in [6.07, 6.45) is 3.10. The molecule has 1 aromatic carbocycles. The van der Waals surface area contributed by atoms with Crippen LogP contribution in [0.15, 0.2) is 24.3 Å². The maximum Gasteiger partial charge on any atom is 0.317 e. The lowest BCUT2D eigenvalue weighted by atomic mass is 9.90. The van der Waals surface area contributed by atoms with Crippen LogP contribution in [0.1, 0.15) is 42.6 Å². The Hall–Kier alpha value is -2.08. The van der Waals surface area contributed by atoms with Gasteiger partial charge in [0, 0.05) is 51.4 Å². The van der Waals surface area contributed by atoms with Gasteiger partial charge >= 0.3 is 6.03 Å². The van der Waals surface area contributed by atoms with Crippen LogP contribution in [-0.4, -0.2) is 79.0 Å². The number of nitrogens with zero attached hydrogens (tertiary/aromatic N) is 3. The summed E-state index contributed by atoms with van der Waals surface area (Å²) in [6, 6.07) is 8.22. The number of hydrogen-bond acceptors (Lipinski definition) is 3. The van der Waals surface area contributed by atoms with Crippen molar-refractivity contribution in [2.24, 2.45) is 5.92 Å². The summed E-state index contributed by atoms with van der Waals surface area (Å²) < 4.78 is 0. The monoisotopic (exact) mass is 386 g/mol. The summed E-state index contributed by atoms with van der Waals surface area (Å²) in [7, 11) is 0. The van der Waals surface area contributed by atoms with E-state index in [1.807, 2.05) is 28.9 Å². The summed E-state index contributed by atoms with van der Waals surface area (Å²) in [5.41, 5.74) is 2.07. The number of nitrogens with one attached hydrogen (secondary N) is 1. The molecule has 0 aromatic heterocycles. The van der Waals surface area contributed by atoms with Crippen molar-refractivity contribution in [3.05, 3.63) is 35.4 Å². The highest BCUT2D eigenvalue weighted by atomic mass is 16.2. The van der Waals surface area contributed by atoms with Crippen LogP contribution in [0.2, 0.25) is 0 Å². The van der Waals surface area contributed by atoms with E-state index in [2.05, 4.69) is 29.3 Å². The van der Waals surface area contributed by atoms with Crippen molar-refractivity contribution in [1.29, 1.82) is 0 Å². The molecule has 0 saturated carbocycles. The molecule has 6 heteroatoms. The third-order valence-corrected chi connectivity index (χ3v) is 6.06. The zero-order valence-corrected chi connectivity index (χ0v) is 17.3. The fraction of sp³-hybridized carbons (Fsp3) is 0.636. The molecule has 2 fully saturated rings. The van der Waals surface area contributed by atoms with Crippen molar-refractivity contribution < 1.29 is 9.59 Å². The molecule has 1 aromatic rings. The van der Waals surface area contributed by atoms with Gasteiger partial charge in [0.2, 0.25) is 0 Å². The van der Waals surface area contributed by atoms with Crippen LogP contribution >= 0.6 is 0 Å². The first-order chi connectivity index (χ1) is 13.6. The second-order valence-corrected chi connectivity index (χ2v) is 7.89. The van der Waals surface area contributed by atoms with Crippen LogP contribution in [0, 0.1) is 5.92 Å². The van der Waals surface area contributed by atoms with E-state index in [1.54, 1.807) is 0 Å². The predicted molar refractivity (Wildman–Crippen MR) is 112 cm³/mol. The topological polar surface area (TPSA) is 55.9 Å². The molecule has 2 heterocycles. The van der Waals surface area contributed by atoms with Crippen LogP contribution in [0.5, 0.6) is 0 Å². The number of likely N-dealkylation sites (N-methyl/N-ethyl adjacent to an activating group) is 1. The van der Waals surface area contributed by atoms with E-state index in [9.17, 15) is 9.59 Å². The molecule has 6 nitrogen and oxygen atoms in total. The molecule has 2 saturated heterocycles. The number of piperazine rings is 1. The summed E-state index contributed by atoms with van der Waals surface area (Å²) >= 11 is 0. The minimum absolute atomic E-state index is 0.0589. The van der Waals surface area contributed by atoms with E-state index in [-0.39, 0.29) is 11.9 Å².